The van der Waals surface area contributed by atoms with Crippen LogP contribution in [-0.2, 0) is 0 Å². The Hall–Kier alpha value is -2.11. The van der Waals surface area contributed by atoms with E-state index < -0.39 is 9.70 Å². The SMILES string of the molecule is COc1ccc2c[s+](Sc3nnnn3-c3nccs3)nc2n1. The Labute approximate surface area is 134 Å². The van der Waals surface area contributed by atoms with Gasteiger partial charge in [0.2, 0.25) is 27.5 Å². The molecular weight excluding hydrogens is 342 g/mol. The molecule has 0 saturated heterocycles. The Balaban J connectivity index is 1.68. The molecule has 4 aromatic heterocycles. The first-order valence-electron chi connectivity index (χ1n) is 6.05. The maximum atomic E-state index is 5.12. The van der Waals surface area contributed by atoms with Gasteiger partial charge in [-0.25, -0.2) is 4.98 Å². The number of hydrogen-bond donors (Lipinski definition) is 0. The van der Waals surface area contributed by atoms with Gasteiger partial charge in [0, 0.05) is 17.6 Å². The molecule has 0 bridgehead atoms. The maximum Gasteiger partial charge on any atom is 0.275 e. The third kappa shape index (κ3) is 2.42. The highest BCUT2D eigenvalue weighted by Gasteiger charge is 2.22. The second-order valence-electron chi connectivity index (χ2n) is 4.02. The van der Waals surface area contributed by atoms with Gasteiger partial charge in [0.05, 0.1) is 12.5 Å². The van der Waals surface area contributed by atoms with E-state index in [1.165, 1.54) is 22.1 Å². The van der Waals surface area contributed by atoms with Crippen LogP contribution in [0.4, 0.5) is 0 Å². The fraction of sp³-hybridized carbons (Fsp3) is 0.0909. The Morgan fingerprint density at radius 1 is 1.36 bits per heavy atom. The number of aromatic nitrogens is 7. The Bertz CT molecular complexity index is 917. The van der Waals surface area contributed by atoms with Crippen molar-refractivity contribution in [3.8, 4) is 11.0 Å². The highest BCUT2D eigenvalue weighted by Crippen LogP contribution is 2.38. The van der Waals surface area contributed by atoms with Crippen LogP contribution in [0.5, 0.6) is 5.88 Å². The fourth-order valence-electron chi connectivity index (χ4n) is 1.73. The molecule has 8 nitrogen and oxygen atoms in total. The molecule has 110 valence electrons. The van der Waals surface area contributed by atoms with Crippen LogP contribution in [-0.4, -0.2) is 41.7 Å². The summed E-state index contributed by atoms with van der Waals surface area (Å²) in [5.41, 5.74) is 0.684. The molecule has 0 aliphatic rings. The van der Waals surface area contributed by atoms with Crippen molar-refractivity contribution in [2.75, 3.05) is 7.11 Å². The minimum atomic E-state index is -0.423. The van der Waals surface area contributed by atoms with Gasteiger partial charge in [-0.15, -0.1) is 11.3 Å². The molecule has 11 heteroatoms. The first-order valence-corrected chi connectivity index (χ1v) is 9.51. The first kappa shape index (κ1) is 13.5. The third-order valence-corrected chi connectivity index (χ3v) is 6.30. The number of tetrazole rings is 1. The summed E-state index contributed by atoms with van der Waals surface area (Å²) in [7, 11) is 2.64. The van der Waals surface area contributed by atoms with Gasteiger partial charge in [0.25, 0.3) is 5.16 Å². The van der Waals surface area contributed by atoms with E-state index in [0.717, 1.165) is 10.5 Å². The van der Waals surface area contributed by atoms with E-state index in [-0.39, 0.29) is 0 Å². The second-order valence-corrected chi connectivity index (χ2v) is 7.92. The number of nitrogens with zero attached hydrogens (tertiary/aromatic N) is 7. The van der Waals surface area contributed by atoms with Gasteiger partial charge in [0.1, 0.15) is 0 Å². The van der Waals surface area contributed by atoms with Gasteiger partial charge in [-0.1, -0.05) is 5.10 Å². The molecule has 0 amide bonds. The van der Waals surface area contributed by atoms with Crippen molar-refractivity contribution >= 4 is 42.9 Å². The van der Waals surface area contributed by atoms with E-state index in [1.807, 2.05) is 22.9 Å². The summed E-state index contributed by atoms with van der Waals surface area (Å²) in [5.74, 6) is 0.555. The zero-order chi connectivity index (χ0) is 14.9. The smallest absolute Gasteiger partial charge is 0.275 e. The van der Waals surface area contributed by atoms with Crippen LogP contribution in [0.1, 0.15) is 0 Å². The van der Waals surface area contributed by atoms with Crippen LogP contribution in [0.25, 0.3) is 16.2 Å². The highest BCUT2D eigenvalue weighted by atomic mass is 33.1. The van der Waals surface area contributed by atoms with E-state index in [1.54, 1.807) is 18.0 Å². The predicted octanol–water partition coefficient (Wildman–Crippen LogP) is 2.38. The van der Waals surface area contributed by atoms with Crippen LogP contribution in [0.3, 0.4) is 0 Å². The number of pyridine rings is 1. The zero-order valence-corrected chi connectivity index (χ0v) is 13.6. The topological polar surface area (TPSA) is 91.5 Å². The normalized spacial score (nSPS) is 12.0. The molecule has 22 heavy (non-hydrogen) atoms. The lowest BCUT2D eigenvalue weighted by atomic mass is 10.4. The van der Waals surface area contributed by atoms with Crippen molar-refractivity contribution in [2.24, 2.45) is 0 Å². The van der Waals surface area contributed by atoms with Crippen LogP contribution in [0.2, 0.25) is 0 Å². The fourth-order valence-corrected chi connectivity index (χ4v) is 5.20. The van der Waals surface area contributed by atoms with Gasteiger partial charge >= 0.3 is 0 Å². The van der Waals surface area contributed by atoms with Gasteiger partial charge in [-0.05, 0) is 20.9 Å². The molecule has 0 aromatic carbocycles. The summed E-state index contributed by atoms with van der Waals surface area (Å²) in [6.07, 6.45) is 1.72. The molecule has 4 rings (SSSR count). The molecule has 0 aliphatic heterocycles. The summed E-state index contributed by atoms with van der Waals surface area (Å²) in [5, 5.41) is 18.0. The maximum absolute atomic E-state index is 5.12. The minimum Gasteiger partial charge on any atom is -0.481 e. The summed E-state index contributed by atoms with van der Waals surface area (Å²) in [6.45, 7) is 0. The van der Waals surface area contributed by atoms with E-state index in [2.05, 4.69) is 29.9 Å². The summed E-state index contributed by atoms with van der Waals surface area (Å²) in [6, 6.07) is 3.77. The summed E-state index contributed by atoms with van der Waals surface area (Å²) < 4.78 is 11.3. The lowest BCUT2D eigenvalue weighted by Gasteiger charge is -1.93. The van der Waals surface area contributed by atoms with Crippen molar-refractivity contribution in [3.63, 3.8) is 0 Å². The van der Waals surface area contributed by atoms with E-state index in [4.69, 9.17) is 4.74 Å². The van der Waals surface area contributed by atoms with E-state index >= 15 is 0 Å². The Morgan fingerprint density at radius 2 is 2.32 bits per heavy atom. The molecule has 0 N–H and O–H groups in total. The Morgan fingerprint density at radius 3 is 3.14 bits per heavy atom. The molecule has 1 unspecified atom stereocenters. The second kappa shape index (κ2) is 5.59. The lowest BCUT2D eigenvalue weighted by Crippen LogP contribution is -1.97. The summed E-state index contributed by atoms with van der Waals surface area (Å²) in [4.78, 5) is 8.54. The average molecular weight is 350 g/mol. The zero-order valence-electron chi connectivity index (χ0n) is 11.2. The number of ether oxygens (including phenoxy) is 1. The van der Waals surface area contributed by atoms with Crippen molar-refractivity contribution in [1.82, 2.24) is 34.5 Å². The molecule has 0 radical (unpaired) electrons. The van der Waals surface area contributed by atoms with Crippen molar-refractivity contribution in [2.45, 2.75) is 5.16 Å². The van der Waals surface area contributed by atoms with Crippen molar-refractivity contribution in [1.29, 1.82) is 0 Å². The first-order chi connectivity index (χ1) is 10.8. The average Bonchev–Trinajstić information content (AvgIpc) is 3.26. The van der Waals surface area contributed by atoms with Crippen molar-refractivity contribution < 1.29 is 4.74 Å². The third-order valence-electron chi connectivity index (χ3n) is 2.69. The van der Waals surface area contributed by atoms with Crippen LogP contribution < -0.4 is 4.74 Å². The molecule has 1 atom stereocenters. The summed E-state index contributed by atoms with van der Waals surface area (Å²) >= 11 is 1.47. The standard InChI is InChI=1S/C11H8N7OS3/c1-19-8-3-2-7-6-22(15-9(7)13-8)21-11-14-16-17-18(11)10-12-4-5-20-10/h2-6H,1H3/q+1. The number of hydrogen-bond acceptors (Lipinski definition) is 9. The number of thiazole rings is 1. The van der Waals surface area contributed by atoms with Crippen molar-refractivity contribution in [3.05, 3.63) is 29.1 Å². The van der Waals surface area contributed by atoms with Gasteiger partial charge in [-0.3, -0.25) is 0 Å². The monoisotopic (exact) mass is 350 g/mol. The molecule has 4 aromatic rings. The Kier molecular flexibility index (Phi) is 3.44. The molecule has 0 saturated carbocycles. The number of rotatable bonds is 4. The van der Waals surface area contributed by atoms with Crippen LogP contribution >= 0.6 is 31.8 Å². The highest BCUT2D eigenvalue weighted by molar-refractivity contribution is 8.44. The van der Waals surface area contributed by atoms with Crippen LogP contribution in [0, 0.1) is 0 Å². The molecule has 4 heterocycles. The molecular formula is C11H8N7OS3+. The van der Waals surface area contributed by atoms with Crippen LogP contribution in [0.15, 0.2) is 34.2 Å². The van der Waals surface area contributed by atoms with E-state index in [0.29, 0.717) is 16.7 Å². The molecule has 0 spiro atoms. The quantitative estimate of drug-likeness (QED) is 0.409. The predicted molar refractivity (Wildman–Crippen MR) is 84.7 cm³/mol. The molecule has 0 aliphatic carbocycles. The molecule has 0 fully saturated rings. The van der Waals surface area contributed by atoms with Gasteiger partial charge in [-0.2, -0.15) is 9.67 Å². The van der Waals surface area contributed by atoms with Gasteiger partial charge in [0.15, 0.2) is 15.1 Å². The number of methoxy groups -OCH3 is 1. The van der Waals surface area contributed by atoms with Gasteiger partial charge < -0.3 is 4.74 Å². The number of fused-ring (bicyclic) bond motifs is 1. The minimum absolute atomic E-state index is 0.423. The van der Waals surface area contributed by atoms with E-state index in [9.17, 15) is 0 Å². The lowest BCUT2D eigenvalue weighted by molar-refractivity contribution is 0.399. The largest absolute Gasteiger partial charge is 0.481 e.